The van der Waals surface area contributed by atoms with Crippen LogP contribution in [0.15, 0.2) is 42.9 Å². The third kappa shape index (κ3) is 2.99. The van der Waals surface area contributed by atoms with Crippen LogP contribution in [-0.2, 0) is 4.74 Å². The predicted octanol–water partition coefficient (Wildman–Crippen LogP) is 2.76. The Bertz CT molecular complexity index is 977. The minimum atomic E-state index is -0.496. The summed E-state index contributed by atoms with van der Waals surface area (Å²) in [5.41, 5.74) is 1.55. The van der Waals surface area contributed by atoms with Crippen LogP contribution in [0.4, 0.5) is 0 Å². The number of carbonyl (C=O) groups is 2. The third-order valence-corrected chi connectivity index (χ3v) is 3.95. The van der Waals surface area contributed by atoms with Crippen molar-refractivity contribution in [2.45, 2.75) is 6.92 Å². The van der Waals surface area contributed by atoms with Crippen molar-refractivity contribution in [2.75, 3.05) is 20.8 Å². The van der Waals surface area contributed by atoms with Gasteiger partial charge in [0.2, 0.25) is 5.78 Å². The fourth-order valence-corrected chi connectivity index (χ4v) is 2.72. The van der Waals surface area contributed by atoms with E-state index in [1.54, 1.807) is 41.9 Å². The van der Waals surface area contributed by atoms with Crippen molar-refractivity contribution in [3.05, 3.63) is 59.7 Å². The van der Waals surface area contributed by atoms with Crippen molar-refractivity contribution in [3.63, 3.8) is 0 Å². The van der Waals surface area contributed by atoms with Crippen LogP contribution in [0.2, 0.25) is 0 Å². The Morgan fingerprint density at radius 3 is 2.58 bits per heavy atom. The monoisotopic (exact) mass is 354 g/mol. The summed E-state index contributed by atoms with van der Waals surface area (Å²) >= 11 is 0. The van der Waals surface area contributed by atoms with Gasteiger partial charge in [-0.1, -0.05) is 0 Å². The molecule has 1 aromatic carbocycles. The molecule has 3 rings (SSSR count). The highest BCUT2D eigenvalue weighted by atomic mass is 16.5. The lowest BCUT2D eigenvalue weighted by atomic mass is 10.1. The van der Waals surface area contributed by atoms with Gasteiger partial charge in [0.25, 0.3) is 0 Å². The molecule has 0 saturated carbocycles. The highest BCUT2D eigenvalue weighted by Crippen LogP contribution is 2.29. The lowest BCUT2D eigenvalue weighted by Crippen LogP contribution is -2.06. The molecule has 0 amide bonds. The molecule has 7 heteroatoms. The number of carbonyl (C=O) groups excluding carboxylic acids is 2. The van der Waals surface area contributed by atoms with Crippen molar-refractivity contribution in [1.29, 1.82) is 0 Å². The van der Waals surface area contributed by atoms with Crippen molar-refractivity contribution < 1.29 is 23.8 Å². The standard InChI is InChI=1S/C19H18N2O5/c1-4-26-19(23)13-10-14(21-8-7-20-11-15(13)21)18(22)12-5-6-16(24-2)17(9-12)25-3/h5-11H,4H2,1-3H3. The Morgan fingerprint density at radius 1 is 1.12 bits per heavy atom. The molecular weight excluding hydrogens is 336 g/mol. The van der Waals surface area contributed by atoms with Gasteiger partial charge in [-0.25, -0.2) is 4.79 Å². The molecule has 0 unspecified atom stereocenters. The fourth-order valence-electron chi connectivity index (χ4n) is 2.72. The van der Waals surface area contributed by atoms with Gasteiger partial charge < -0.3 is 18.6 Å². The zero-order chi connectivity index (χ0) is 18.7. The number of ketones is 1. The first-order valence-electron chi connectivity index (χ1n) is 7.99. The molecule has 3 aromatic rings. The molecule has 0 atom stereocenters. The number of fused-ring (bicyclic) bond motifs is 1. The third-order valence-electron chi connectivity index (χ3n) is 3.95. The minimum absolute atomic E-state index is 0.245. The molecule has 134 valence electrons. The van der Waals surface area contributed by atoms with E-state index in [2.05, 4.69) is 4.98 Å². The van der Waals surface area contributed by atoms with Crippen molar-refractivity contribution >= 4 is 17.3 Å². The highest BCUT2D eigenvalue weighted by molar-refractivity contribution is 6.11. The lowest BCUT2D eigenvalue weighted by molar-refractivity contribution is 0.0528. The number of ether oxygens (including phenoxy) is 3. The number of benzene rings is 1. The molecule has 0 fully saturated rings. The topological polar surface area (TPSA) is 79.1 Å². The number of nitrogens with zero attached hydrogens (tertiary/aromatic N) is 2. The van der Waals surface area contributed by atoms with Crippen LogP contribution < -0.4 is 9.47 Å². The summed E-state index contributed by atoms with van der Waals surface area (Å²) in [6, 6.07) is 6.43. The maximum absolute atomic E-state index is 13.0. The largest absolute Gasteiger partial charge is 0.493 e. The van der Waals surface area contributed by atoms with Gasteiger partial charge in [-0.3, -0.25) is 9.78 Å². The zero-order valence-electron chi connectivity index (χ0n) is 14.7. The average Bonchev–Trinajstić information content (AvgIpc) is 3.07. The number of rotatable bonds is 6. The fraction of sp³-hybridized carbons (Fsp3) is 0.211. The summed E-state index contributed by atoms with van der Waals surface area (Å²) in [6.45, 7) is 1.97. The molecule has 2 heterocycles. The van der Waals surface area contributed by atoms with E-state index in [0.29, 0.717) is 33.8 Å². The molecule has 0 saturated heterocycles. The minimum Gasteiger partial charge on any atom is -0.493 e. The number of methoxy groups -OCH3 is 2. The maximum atomic E-state index is 13.0. The molecule has 2 aromatic heterocycles. The Morgan fingerprint density at radius 2 is 1.88 bits per heavy atom. The Kier molecular flexibility index (Phi) is 4.88. The lowest BCUT2D eigenvalue weighted by Gasteiger charge is -2.09. The van der Waals surface area contributed by atoms with Crippen LogP contribution in [0, 0.1) is 0 Å². The van der Waals surface area contributed by atoms with Gasteiger partial charge in [-0.05, 0) is 31.2 Å². The van der Waals surface area contributed by atoms with Crippen LogP contribution >= 0.6 is 0 Å². The van der Waals surface area contributed by atoms with Crippen LogP contribution in [-0.4, -0.2) is 42.0 Å². The van der Waals surface area contributed by atoms with Gasteiger partial charge in [0, 0.05) is 18.0 Å². The van der Waals surface area contributed by atoms with Gasteiger partial charge in [-0.2, -0.15) is 0 Å². The zero-order valence-corrected chi connectivity index (χ0v) is 14.7. The summed E-state index contributed by atoms with van der Waals surface area (Å²) in [4.78, 5) is 29.3. The number of esters is 1. The van der Waals surface area contributed by atoms with E-state index in [1.165, 1.54) is 26.5 Å². The van der Waals surface area contributed by atoms with E-state index in [1.807, 2.05) is 0 Å². The van der Waals surface area contributed by atoms with Gasteiger partial charge in [0.1, 0.15) is 0 Å². The van der Waals surface area contributed by atoms with E-state index in [-0.39, 0.29) is 12.4 Å². The SMILES string of the molecule is CCOC(=O)c1cc(C(=O)c2ccc(OC)c(OC)c2)n2ccncc12. The summed E-state index contributed by atoms with van der Waals surface area (Å²) in [7, 11) is 3.03. The van der Waals surface area contributed by atoms with E-state index in [9.17, 15) is 9.59 Å². The Hall–Kier alpha value is -3.35. The maximum Gasteiger partial charge on any atom is 0.340 e. The van der Waals surface area contributed by atoms with Crippen molar-refractivity contribution in [2.24, 2.45) is 0 Å². The number of hydrogen-bond acceptors (Lipinski definition) is 6. The molecule has 0 aliphatic rings. The van der Waals surface area contributed by atoms with Crippen LogP contribution in [0.25, 0.3) is 5.52 Å². The average molecular weight is 354 g/mol. The molecule has 0 aliphatic carbocycles. The summed E-state index contributed by atoms with van der Waals surface area (Å²) in [6.07, 6.45) is 4.71. The Balaban J connectivity index is 2.10. The summed E-state index contributed by atoms with van der Waals surface area (Å²) in [5, 5.41) is 0. The molecule has 0 N–H and O–H groups in total. The smallest absolute Gasteiger partial charge is 0.340 e. The van der Waals surface area contributed by atoms with E-state index in [4.69, 9.17) is 14.2 Å². The van der Waals surface area contributed by atoms with E-state index >= 15 is 0 Å². The highest BCUT2D eigenvalue weighted by Gasteiger charge is 2.22. The quantitative estimate of drug-likeness (QED) is 0.500. The summed E-state index contributed by atoms with van der Waals surface area (Å²) in [5.74, 6) is 0.221. The molecule has 0 spiro atoms. The molecule has 7 nitrogen and oxygen atoms in total. The van der Waals surface area contributed by atoms with Crippen LogP contribution in [0.3, 0.4) is 0 Å². The second kappa shape index (κ2) is 7.26. The Labute approximate surface area is 150 Å². The summed E-state index contributed by atoms with van der Waals surface area (Å²) < 4.78 is 17.2. The van der Waals surface area contributed by atoms with Crippen LogP contribution in [0.1, 0.15) is 33.3 Å². The molecule has 26 heavy (non-hydrogen) atoms. The first kappa shape index (κ1) is 17.5. The van der Waals surface area contributed by atoms with E-state index < -0.39 is 5.97 Å². The first-order valence-corrected chi connectivity index (χ1v) is 7.99. The molecule has 0 bridgehead atoms. The second-order valence-corrected chi connectivity index (χ2v) is 5.39. The number of hydrogen-bond donors (Lipinski definition) is 0. The van der Waals surface area contributed by atoms with E-state index in [0.717, 1.165) is 0 Å². The predicted molar refractivity (Wildman–Crippen MR) is 94.1 cm³/mol. The second-order valence-electron chi connectivity index (χ2n) is 5.39. The normalized spacial score (nSPS) is 10.6. The van der Waals surface area contributed by atoms with Gasteiger partial charge >= 0.3 is 5.97 Å². The number of aromatic nitrogens is 2. The van der Waals surface area contributed by atoms with Crippen molar-refractivity contribution in [1.82, 2.24) is 9.38 Å². The molecule has 0 aliphatic heterocycles. The van der Waals surface area contributed by atoms with Gasteiger partial charge in [0.15, 0.2) is 11.5 Å². The van der Waals surface area contributed by atoms with Crippen LogP contribution in [0.5, 0.6) is 11.5 Å². The first-order chi connectivity index (χ1) is 12.6. The molecule has 0 radical (unpaired) electrons. The van der Waals surface area contributed by atoms with Gasteiger partial charge in [-0.15, -0.1) is 0 Å². The molecular formula is C19H18N2O5. The van der Waals surface area contributed by atoms with Crippen molar-refractivity contribution in [3.8, 4) is 11.5 Å². The van der Waals surface area contributed by atoms with Gasteiger partial charge in [0.05, 0.1) is 43.8 Å².